The Kier molecular flexibility index (Phi) is 4.43. The van der Waals surface area contributed by atoms with Crippen molar-refractivity contribution < 1.29 is 17.9 Å². The second kappa shape index (κ2) is 5.95. The lowest BCUT2D eigenvalue weighted by Crippen LogP contribution is -2.12. The molecule has 0 aliphatic rings. The van der Waals surface area contributed by atoms with Crippen LogP contribution in [0.4, 0.5) is 24.7 Å². The number of aromatic nitrogens is 2. The molecule has 0 bridgehead atoms. The van der Waals surface area contributed by atoms with Gasteiger partial charge in [0.15, 0.2) is 0 Å². The Balaban J connectivity index is 2.40. The fourth-order valence-electron chi connectivity index (χ4n) is 1.52. The van der Waals surface area contributed by atoms with Crippen LogP contribution in [0.1, 0.15) is 5.82 Å². The number of halogens is 5. The summed E-state index contributed by atoms with van der Waals surface area (Å²) in [5.74, 6) is -1.07. The fraction of sp³-hybridized carbons (Fsp3) is 0.167. The van der Waals surface area contributed by atoms with Crippen LogP contribution in [0.5, 0.6) is 5.75 Å². The zero-order valence-corrected chi connectivity index (χ0v) is 12.0. The number of methoxy groups -OCH3 is 1. The van der Waals surface area contributed by atoms with E-state index in [-0.39, 0.29) is 11.0 Å². The molecular weight excluding hydrogens is 330 g/mol. The number of alkyl halides is 3. The molecule has 0 saturated heterocycles. The Morgan fingerprint density at radius 3 is 2.48 bits per heavy atom. The standard InChI is InChI=1S/C12H8Cl2F3N3O/c1-21-8-3-2-6(13)4-7(8)18-10-5-9(14)19-11(20-10)12(15,16)17/h2-5H,1H3,(H,18,19,20). The number of hydrogen-bond donors (Lipinski definition) is 1. The highest BCUT2D eigenvalue weighted by Crippen LogP contribution is 2.32. The summed E-state index contributed by atoms with van der Waals surface area (Å²) in [6.07, 6.45) is -4.69. The van der Waals surface area contributed by atoms with E-state index in [4.69, 9.17) is 27.9 Å². The molecular formula is C12H8Cl2F3N3O. The first-order valence-electron chi connectivity index (χ1n) is 5.52. The number of anilines is 2. The zero-order valence-electron chi connectivity index (χ0n) is 10.5. The Morgan fingerprint density at radius 2 is 1.86 bits per heavy atom. The minimum atomic E-state index is -4.69. The van der Waals surface area contributed by atoms with Gasteiger partial charge in [-0.25, -0.2) is 9.97 Å². The molecule has 1 aromatic heterocycles. The molecule has 0 aliphatic carbocycles. The van der Waals surface area contributed by atoms with Gasteiger partial charge >= 0.3 is 6.18 Å². The van der Waals surface area contributed by atoms with Crippen molar-refractivity contribution in [2.24, 2.45) is 0 Å². The van der Waals surface area contributed by atoms with E-state index in [2.05, 4.69) is 15.3 Å². The number of nitrogens with one attached hydrogen (secondary N) is 1. The molecule has 4 nitrogen and oxygen atoms in total. The lowest BCUT2D eigenvalue weighted by Gasteiger charge is -2.12. The van der Waals surface area contributed by atoms with Gasteiger partial charge in [0.05, 0.1) is 12.8 Å². The molecule has 1 aromatic carbocycles. The highest BCUT2D eigenvalue weighted by atomic mass is 35.5. The summed E-state index contributed by atoms with van der Waals surface area (Å²) in [5, 5.41) is 2.72. The third-order valence-corrected chi connectivity index (χ3v) is 2.80. The number of hydrogen-bond acceptors (Lipinski definition) is 4. The highest BCUT2D eigenvalue weighted by molar-refractivity contribution is 6.31. The van der Waals surface area contributed by atoms with Crippen molar-refractivity contribution in [3.63, 3.8) is 0 Å². The summed E-state index contributed by atoms with van der Waals surface area (Å²) in [4.78, 5) is 6.51. The van der Waals surface area contributed by atoms with Gasteiger partial charge < -0.3 is 10.1 Å². The molecule has 0 atom stereocenters. The van der Waals surface area contributed by atoms with Crippen molar-refractivity contribution >= 4 is 34.7 Å². The van der Waals surface area contributed by atoms with E-state index in [1.54, 1.807) is 12.1 Å². The molecule has 21 heavy (non-hydrogen) atoms. The first-order chi connectivity index (χ1) is 9.79. The normalized spacial score (nSPS) is 11.3. The van der Waals surface area contributed by atoms with Crippen LogP contribution >= 0.6 is 23.2 Å². The van der Waals surface area contributed by atoms with Crippen LogP contribution in [0.2, 0.25) is 10.2 Å². The van der Waals surface area contributed by atoms with Crippen LogP contribution in [-0.2, 0) is 6.18 Å². The zero-order chi connectivity index (χ0) is 15.6. The maximum atomic E-state index is 12.6. The van der Waals surface area contributed by atoms with Crippen LogP contribution in [-0.4, -0.2) is 17.1 Å². The van der Waals surface area contributed by atoms with Gasteiger partial charge in [-0.15, -0.1) is 0 Å². The van der Waals surface area contributed by atoms with E-state index in [0.717, 1.165) is 6.07 Å². The van der Waals surface area contributed by atoms with E-state index in [1.807, 2.05) is 0 Å². The van der Waals surface area contributed by atoms with Gasteiger partial charge in [-0.05, 0) is 18.2 Å². The number of nitrogens with zero attached hydrogens (tertiary/aromatic N) is 2. The molecule has 0 amide bonds. The molecule has 0 radical (unpaired) electrons. The maximum Gasteiger partial charge on any atom is 0.451 e. The Hall–Kier alpha value is -1.73. The summed E-state index contributed by atoms with van der Waals surface area (Å²) in [5.41, 5.74) is 0.355. The van der Waals surface area contributed by atoms with Crippen LogP contribution in [0.3, 0.4) is 0 Å². The van der Waals surface area contributed by atoms with Crippen molar-refractivity contribution in [2.45, 2.75) is 6.18 Å². The summed E-state index contributed by atoms with van der Waals surface area (Å²) in [6.45, 7) is 0. The molecule has 2 aromatic rings. The highest BCUT2D eigenvalue weighted by Gasteiger charge is 2.35. The summed E-state index contributed by atoms with van der Waals surface area (Å²) >= 11 is 11.4. The predicted octanol–water partition coefficient (Wildman–Crippen LogP) is 4.55. The maximum absolute atomic E-state index is 12.6. The fourth-order valence-corrected chi connectivity index (χ4v) is 1.88. The van der Waals surface area contributed by atoms with Gasteiger partial charge in [0.1, 0.15) is 16.7 Å². The predicted molar refractivity (Wildman–Crippen MR) is 73.3 cm³/mol. The van der Waals surface area contributed by atoms with Gasteiger partial charge in [0.2, 0.25) is 5.82 Å². The molecule has 112 valence electrons. The third kappa shape index (κ3) is 3.89. The molecule has 1 heterocycles. The average Bonchev–Trinajstić information content (AvgIpc) is 2.37. The van der Waals surface area contributed by atoms with Crippen molar-refractivity contribution in [1.29, 1.82) is 0 Å². The van der Waals surface area contributed by atoms with E-state index >= 15 is 0 Å². The number of benzene rings is 1. The quantitative estimate of drug-likeness (QED) is 0.834. The summed E-state index contributed by atoms with van der Waals surface area (Å²) in [7, 11) is 1.42. The smallest absolute Gasteiger partial charge is 0.451 e. The van der Waals surface area contributed by atoms with Crippen LogP contribution in [0.15, 0.2) is 24.3 Å². The Morgan fingerprint density at radius 1 is 1.14 bits per heavy atom. The SMILES string of the molecule is COc1ccc(Cl)cc1Nc1cc(Cl)nc(C(F)(F)F)n1. The number of rotatable bonds is 3. The minimum Gasteiger partial charge on any atom is -0.495 e. The van der Waals surface area contributed by atoms with Crippen molar-refractivity contribution in [3.05, 3.63) is 40.3 Å². The van der Waals surface area contributed by atoms with E-state index in [0.29, 0.717) is 16.5 Å². The molecule has 2 rings (SSSR count). The van der Waals surface area contributed by atoms with Gasteiger partial charge in [-0.2, -0.15) is 13.2 Å². The molecule has 0 unspecified atom stereocenters. The third-order valence-electron chi connectivity index (χ3n) is 2.37. The summed E-state index contributed by atoms with van der Waals surface area (Å²) < 4.78 is 43.0. The monoisotopic (exact) mass is 337 g/mol. The first kappa shape index (κ1) is 15.7. The van der Waals surface area contributed by atoms with Crippen LogP contribution < -0.4 is 10.1 Å². The topological polar surface area (TPSA) is 47.0 Å². The largest absolute Gasteiger partial charge is 0.495 e. The molecule has 0 aliphatic heterocycles. The summed E-state index contributed by atoms with van der Waals surface area (Å²) in [6, 6.07) is 5.80. The Bertz CT molecular complexity index is 665. The molecule has 0 fully saturated rings. The van der Waals surface area contributed by atoms with E-state index in [9.17, 15) is 13.2 Å². The van der Waals surface area contributed by atoms with Crippen LogP contribution in [0.25, 0.3) is 0 Å². The van der Waals surface area contributed by atoms with Gasteiger partial charge in [0.25, 0.3) is 0 Å². The van der Waals surface area contributed by atoms with Crippen LogP contribution in [0, 0.1) is 0 Å². The van der Waals surface area contributed by atoms with E-state index < -0.39 is 12.0 Å². The average molecular weight is 338 g/mol. The number of ether oxygens (including phenoxy) is 1. The lowest BCUT2D eigenvalue weighted by atomic mass is 10.3. The van der Waals surface area contributed by atoms with Gasteiger partial charge in [-0.3, -0.25) is 0 Å². The van der Waals surface area contributed by atoms with Crippen molar-refractivity contribution in [1.82, 2.24) is 9.97 Å². The second-order valence-corrected chi connectivity index (χ2v) is 4.69. The van der Waals surface area contributed by atoms with Crippen molar-refractivity contribution in [2.75, 3.05) is 12.4 Å². The first-order valence-corrected chi connectivity index (χ1v) is 6.27. The second-order valence-electron chi connectivity index (χ2n) is 3.87. The molecule has 0 spiro atoms. The molecule has 9 heteroatoms. The van der Waals surface area contributed by atoms with Gasteiger partial charge in [0, 0.05) is 11.1 Å². The van der Waals surface area contributed by atoms with E-state index in [1.165, 1.54) is 13.2 Å². The van der Waals surface area contributed by atoms with Gasteiger partial charge in [-0.1, -0.05) is 23.2 Å². The Labute approximate surface area is 127 Å². The van der Waals surface area contributed by atoms with Crippen molar-refractivity contribution in [3.8, 4) is 5.75 Å². The minimum absolute atomic E-state index is 0.122. The molecule has 0 saturated carbocycles. The lowest BCUT2D eigenvalue weighted by molar-refractivity contribution is -0.144. The molecule has 1 N–H and O–H groups in total.